The van der Waals surface area contributed by atoms with Crippen molar-refractivity contribution in [2.45, 2.75) is 6.18 Å². The van der Waals surface area contributed by atoms with Gasteiger partial charge in [0.25, 0.3) is 5.91 Å². The summed E-state index contributed by atoms with van der Waals surface area (Å²) in [6.07, 6.45) is -4.44. The van der Waals surface area contributed by atoms with Gasteiger partial charge in [-0.15, -0.1) is 0 Å². The van der Waals surface area contributed by atoms with E-state index in [1.54, 1.807) is 29.6 Å². The van der Waals surface area contributed by atoms with E-state index in [2.05, 4.69) is 0 Å². The molecule has 2 aromatic carbocycles. The Morgan fingerprint density at radius 2 is 1.38 bits per heavy atom. The first-order valence-electron chi connectivity index (χ1n) is 6.06. The molecule has 0 aliphatic carbocycles. The summed E-state index contributed by atoms with van der Waals surface area (Å²) in [5, 5.41) is 1.79. The SMILES string of the molecule is O=C(NCC(F)(F)F)c1ccc(-c2ccc(F)cc2)cc1. The van der Waals surface area contributed by atoms with Crippen molar-refractivity contribution in [3.8, 4) is 11.1 Å². The molecule has 0 spiro atoms. The maximum Gasteiger partial charge on any atom is 0.405 e. The predicted molar refractivity (Wildman–Crippen MR) is 70.2 cm³/mol. The van der Waals surface area contributed by atoms with Crippen molar-refractivity contribution in [2.24, 2.45) is 0 Å². The summed E-state index contributed by atoms with van der Waals surface area (Å²) < 4.78 is 48.8. The van der Waals surface area contributed by atoms with Crippen LogP contribution in [0.5, 0.6) is 0 Å². The quantitative estimate of drug-likeness (QED) is 0.858. The molecular weight excluding hydrogens is 286 g/mol. The second kappa shape index (κ2) is 5.95. The van der Waals surface area contributed by atoms with E-state index >= 15 is 0 Å². The highest BCUT2D eigenvalue weighted by molar-refractivity contribution is 5.94. The topological polar surface area (TPSA) is 29.1 Å². The first-order valence-corrected chi connectivity index (χ1v) is 6.06. The van der Waals surface area contributed by atoms with E-state index in [-0.39, 0.29) is 11.4 Å². The molecule has 0 saturated heterocycles. The van der Waals surface area contributed by atoms with E-state index in [9.17, 15) is 22.4 Å². The molecule has 0 bridgehead atoms. The first-order chi connectivity index (χ1) is 9.85. The zero-order chi connectivity index (χ0) is 15.5. The summed E-state index contributed by atoms with van der Waals surface area (Å²) in [7, 11) is 0. The van der Waals surface area contributed by atoms with Crippen LogP contribution >= 0.6 is 0 Å². The monoisotopic (exact) mass is 297 g/mol. The van der Waals surface area contributed by atoms with Crippen LogP contribution in [0.2, 0.25) is 0 Å². The van der Waals surface area contributed by atoms with Gasteiger partial charge >= 0.3 is 6.18 Å². The fourth-order valence-corrected chi connectivity index (χ4v) is 1.74. The van der Waals surface area contributed by atoms with Gasteiger partial charge in [0.05, 0.1) is 0 Å². The Bertz CT molecular complexity index is 618. The summed E-state index contributed by atoms with van der Waals surface area (Å²) in [4.78, 5) is 11.5. The van der Waals surface area contributed by atoms with E-state index in [1.165, 1.54) is 24.3 Å². The van der Waals surface area contributed by atoms with Crippen LogP contribution in [0, 0.1) is 5.82 Å². The van der Waals surface area contributed by atoms with Gasteiger partial charge in [0.1, 0.15) is 12.4 Å². The maximum atomic E-state index is 12.8. The Morgan fingerprint density at radius 3 is 1.86 bits per heavy atom. The number of carbonyl (C=O) groups excluding carboxylic acids is 1. The van der Waals surface area contributed by atoms with Gasteiger partial charge in [-0.25, -0.2) is 4.39 Å². The largest absolute Gasteiger partial charge is 0.405 e. The Morgan fingerprint density at radius 1 is 0.905 bits per heavy atom. The molecule has 0 radical (unpaired) electrons. The van der Waals surface area contributed by atoms with Crippen LogP contribution in [-0.4, -0.2) is 18.6 Å². The van der Waals surface area contributed by atoms with Crippen LogP contribution < -0.4 is 5.32 Å². The fraction of sp³-hybridized carbons (Fsp3) is 0.133. The molecule has 0 heterocycles. The number of benzene rings is 2. The van der Waals surface area contributed by atoms with Crippen molar-refractivity contribution in [1.82, 2.24) is 5.32 Å². The Hall–Kier alpha value is -2.37. The molecule has 0 fully saturated rings. The van der Waals surface area contributed by atoms with Crippen molar-refractivity contribution in [3.63, 3.8) is 0 Å². The molecule has 0 unspecified atom stereocenters. The Balaban J connectivity index is 2.08. The van der Waals surface area contributed by atoms with Crippen molar-refractivity contribution in [1.29, 1.82) is 0 Å². The van der Waals surface area contributed by atoms with Crippen LogP contribution in [0.15, 0.2) is 48.5 Å². The van der Waals surface area contributed by atoms with Gasteiger partial charge in [0.15, 0.2) is 0 Å². The summed E-state index contributed by atoms with van der Waals surface area (Å²) >= 11 is 0. The molecule has 2 aromatic rings. The molecule has 2 rings (SSSR count). The number of carbonyl (C=O) groups is 1. The number of hydrogen-bond acceptors (Lipinski definition) is 1. The van der Waals surface area contributed by atoms with Crippen molar-refractivity contribution in [2.75, 3.05) is 6.54 Å². The molecular formula is C15H11F4NO. The molecule has 0 aliphatic rings. The van der Waals surface area contributed by atoms with Gasteiger partial charge in [0.2, 0.25) is 0 Å². The second-order valence-electron chi connectivity index (χ2n) is 4.38. The highest BCUT2D eigenvalue weighted by Gasteiger charge is 2.27. The van der Waals surface area contributed by atoms with Crippen LogP contribution in [0.4, 0.5) is 17.6 Å². The lowest BCUT2D eigenvalue weighted by atomic mass is 10.0. The molecule has 0 saturated carbocycles. The Labute approximate surface area is 118 Å². The smallest absolute Gasteiger partial charge is 0.343 e. The van der Waals surface area contributed by atoms with Crippen LogP contribution in [-0.2, 0) is 0 Å². The van der Waals surface area contributed by atoms with Crippen molar-refractivity contribution >= 4 is 5.91 Å². The molecule has 2 nitrogen and oxygen atoms in total. The normalized spacial score (nSPS) is 11.2. The molecule has 0 atom stereocenters. The van der Waals surface area contributed by atoms with E-state index in [4.69, 9.17) is 0 Å². The fourth-order valence-electron chi connectivity index (χ4n) is 1.74. The lowest BCUT2D eigenvalue weighted by Gasteiger charge is -2.09. The first kappa shape index (κ1) is 15.0. The third kappa shape index (κ3) is 4.30. The summed E-state index contributed by atoms with van der Waals surface area (Å²) in [6.45, 7) is -1.37. The molecule has 6 heteroatoms. The Kier molecular flexibility index (Phi) is 4.26. The van der Waals surface area contributed by atoms with Gasteiger partial charge in [-0.3, -0.25) is 4.79 Å². The van der Waals surface area contributed by atoms with Crippen LogP contribution in [0.25, 0.3) is 11.1 Å². The number of nitrogens with one attached hydrogen (secondary N) is 1. The molecule has 21 heavy (non-hydrogen) atoms. The number of amides is 1. The number of alkyl halides is 3. The minimum absolute atomic E-state index is 0.130. The predicted octanol–water partition coefficient (Wildman–Crippen LogP) is 3.78. The molecule has 0 aromatic heterocycles. The third-order valence-corrected chi connectivity index (χ3v) is 2.77. The van der Waals surface area contributed by atoms with E-state index < -0.39 is 18.6 Å². The van der Waals surface area contributed by atoms with Gasteiger partial charge in [-0.05, 0) is 35.4 Å². The van der Waals surface area contributed by atoms with E-state index in [0.717, 1.165) is 11.1 Å². The van der Waals surface area contributed by atoms with E-state index in [0.29, 0.717) is 0 Å². The van der Waals surface area contributed by atoms with Crippen molar-refractivity contribution in [3.05, 3.63) is 59.9 Å². The van der Waals surface area contributed by atoms with Crippen LogP contribution in [0.3, 0.4) is 0 Å². The lowest BCUT2D eigenvalue weighted by molar-refractivity contribution is -0.123. The van der Waals surface area contributed by atoms with E-state index in [1.807, 2.05) is 0 Å². The molecule has 110 valence electrons. The molecule has 1 amide bonds. The highest BCUT2D eigenvalue weighted by Crippen LogP contribution is 2.20. The minimum atomic E-state index is -4.44. The van der Waals surface area contributed by atoms with Crippen LogP contribution in [0.1, 0.15) is 10.4 Å². The van der Waals surface area contributed by atoms with Gasteiger partial charge in [-0.1, -0.05) is 24.3 Å². The number of rotatable bonds is 3. The maximum absolute atomic E-state index is 12.8. The summed E-state index contributed by atoms with van der Waals surface area (Å²) in [5.41, 5.74) is 1.62. The average molecular weight is 297 g/mol. The highest BCUT2D eigenvalue weighted by atomic mass is 19.4. The summed E-state index contributed by atoms with van der Waals surface area (Å²) in [6, 6.07) is 11.8. The standard InChI is InChI=1S/C15H11F4NO/c16-13-7-5-11(6-8-13)10-1-3-12(4-2-10)14(21)20-9-15(17,18)19/h1-8H,9H2,(H,20,21). The van der Waals surface area contributed by atoms with Gasteiger partial charge < -0.3 is 5.32 Å². The van der Waals surface area contributed by atoms with Crippen molar-refractivity contribution < 1.29 is 22.4 Å². The molecule has 0 aliphatic heterocycles. The third-order valence-electron chi connectivity index (χ3n) is 2.77. The van der Waals surface area contributed by atoms with Gasteiger partial charge in [-0.2, -0.15) is 13.2 Å². The molecule has 1 N–H and O–H groups in total. The summed E-state index contributed by atoms with van der Waals surface area (Å²) in [5.74, 6) is -1.15. The zero-order valence-corrected chi connectivity index (χ0v) is 10.7. The average Bonchev–Trinajstić information content (AvgIpc) is 2.45. The minimum Gasteiger partial charge on any atom is -0.343 e. The van der Waals surface area contributed by atoms with Gasteiger partial charge in [0, 0.05) is 5.56 Å². The number of halogens is 4. The lowest BCUT2D eigenvalue weighted by Crippen LogP contribution is -2.33. The second-order valence-corrected chi connectivity index (χ2v) is 4.38. The zero-order valence-electron chi connectivity index (χ0n) is 10.7. The number of hydrogen-bond donors (Lipinski definition) is 1.